The summed E-state index contributed by atoms with van der Waals surface area (Å²) in [4.78, 5) is 16.6. The molecule has 2 rings (SSSR count). The Hall–Kier alpha value is -1.71. The number of rotatable bonds is 7. The molecule has 0 atom stereocenters. The van der Waals surface area contributed by atoms with Crippen LogP contribution in [0.25, 0.3) is 0 Å². The summed E-state index contributed by atoms with van der Waals surface area (Å²) < 4.78 is 10.7. The number of halogens is 1. The van der Waals surface area contributed by atoms with Crippen molar-refractivity contribution in [2.45, 2.75) is 70.6 Å². The lowest BCUT2D eigenvalue weighted by molar-refractivity contribution is 0.0490. The molecule has 7 nitrogen and oxygen atoms in total. The highest BCUT2D eigenvalue weighted by Crippen LogP contribution is 2.19. The van der Waals surface area contributed by atoms with Crippen LogP contribution < -0.4 is 16.0 Å². The fourth-order valence-electron chi connectivity index (χ4n) is 3.10. The van der Waals surface area contributed by atoms with Gasteiger partial charge in [0.05, 0.1) is 6.26 Å². The summed E-state index contributed by atoms with van der Waals surface area (Å²) >= 11 is 0. The number of furan rings is 1. The first-order valence-electron chi connectivity index (χ1n) is 10.0. The molecule has 1 aliphatic carbocycles. The first-order chi connectivity index (χ1) is 13.4. The van der Waals surface area contributed by atoms with E-state index < -0.39 is 5.60 Å². The van der Waals surface area contributed by atoms with Crippen molar-refractivity contribution in [3.8, 4) is 0 Å². The highest BCUT2D eigenvalue weighted by molar-refractivity contribution is 14.0. The molecular weight excluding hydrogens is 483 g/mol. The zero-order chi connectivity index (χ0) is 20.4. The highest BCUT2D eigenvalue weighted by atomic mass is 127. The maximum absolute atomic E-state index is 11.9. The van der Waals surface area contributed by atoms with E-state index in [0.29, 0.717) is 19.1 Å². The first-order valence-corrected chi connectivity index (χ1v) is 10.0. The number of amides is 1. The molecule has 1 aromatic heterocycles. The predicted octanol–water partition coefficient (Wildman–Crippen LogP) is 4.00. The minimum atomic E-state index is -0.472. The van der Waals surface area contributed by atoms with Crippen LogP contribution in [0, 0.1) is 0 Å². The summed E-state index contributed by atoms with van der Waals surface area (Å²) in [6.45, 7) is 10.7. The number of carbonyl (C=O) groups excluding carboxylic acids is 1. The Morgan fingerprint density at radius 3 is 2.48 bits per heavy atom. The van der Waals surface area contributed by atoms with E-state index >= 15 is 0 Å². The molecule has 3 N–H and O–H groups in total. The number of alkyl carbamates (subject to hydrolysis) is 1. The van der Waals surface area contributed by atoms with Gasteiger partial charge in [-0.05, 0) is 58.6 Å². The lowest BCUT2D eigenvalue weighted by atomic mass is 9.91. The molecule has 8 heteroatoms. The van der Waals surface area contributed by atoms with E-state index in [1.54, 1.807) is 6.26 Å². The molecule has 0 radical (unpaired) electrons. The van der Waals surface area contributed by atoms with E-state index in [1.807, 2.05) is 39.0 Å². The van der Waals surface area contributed by atoms with Crippen molar-refractivity contribution >= 4 is 36.0 Å². The number of guanidine groups is 1. The van der Waals surface area contributed by atoms with Gasteiger partial charge in [-0.15, -0.1) is 30.6 Å². The van der Waals surface area contributed by atoms with Gasteiger partial charge in [-0.3, -0.25) is 4.99 Å². The minimum absolute atomic E-state index is 0. The van der Waals surface area contributed by atoms with Gasteiger partial charge in [0.25, 0.3) is 0 Å². The van der Waals surface area contributed by atoms with Gasteiger partial charge in [-0.1, -0.05) is 6.08 Å². The summed E-state index contributed by atoms with van der Waals surface area (Å²) in [7, 11) is 0. The molecule has 0 saturated heterocycles. The number of nitrogens with zero attached hydrogens (tertiary/aromatic N) is 1. The molecule has 1 fully saturated rings. The van der Waals surface area contributed by atoms with Gasteiger partial charge < -0.3 is 25.1 Å². The summed E-state index contributed by atoms with van der Waals surface area (Å²) in [6, 6.07) is 4.33. The fourth-order valence-corrected chi connectivity index (χ4v) is 3.10. The molecular formula is C21H35IN4O3. The topological polar surface area (TPSA) is 87.9 Å². The molecule has 1 saturated carbocycles. The molecule has 0 aromatic carbocycles. The Balaban J connectivity index is 0.00000420. The molecule has 0 aliphatic heterocycles. The van der Waals surface area contributed by atoms with Crippen LogP contribution in [0.4, 0.5) is 4.79 Å². The smallest absolute Gasteiger partial charge is 0.407 e. The van der Waals surface area contributed by atoms with Crippen molar-refractivity contribution in [3.63, 3.8) is 0 Å². The van der Waals surface area contributed by atoms with Gasteiger partial charge >= 0.3 is 6.09 Å². The first kappa shape index (κ1) is 25.3. The van der Waals surface area contributed by atoms with E-state index in [-0.39, 0.29) is 36.1 Å². The van der Waals surface area contributed by atoms with E-state index in [4.69, 9.17) is 9.15 Å². The molecule has 0 spiro atoms. The van der Waals surface area contributed by atoms with E-state index in [1.165, 1.54) is 0 Å². The summed E-state index contributed by atoms with van der Waals surface area (Å²) in [5.74, 6) is 1.72. The second-order valence-electron chi connectivity index (χ2n) is 8.07. The molecule has 1 amide bonds. The monoisotopic (exact) mass is 518 g/mol. The Kier molecular flexibility index (Phi) is 11.2. The second kappa shape index (κ2) is 12.8. The van der Waals surface area contributed by atoms with Crippen molar-refractivity contribution in [1.29, 1.82) is 0 Å². The molecule has 0 bridgehead atoms. The third kappa shape index (κ3) is 10.6. The normalized spacial score (nSPS) is 19.6. The van der Waals surface area contributed by atoms with Crippen LogP contribution in [0.3, 0.4) is 0 Å². The maximum atomic E-state index is 11.9. The Bertz CT molecular complexity index is 633. The van der Waals surface area contributed by atoms with Crippen molar-refractivity contribution in [2.75, 3.05) is 13.1 Å². The standard InChI is InChI=1S/C21H34N4O3.HI/c1-5-13-22-19(23-14-12-18-7-6-15-27-18)24-16-8-10-17(11-9-16)25-20(26)28-21(2,3)4;/h5-7,15-17H,1,8-14H2,2-4H3,(H,25,26)(H2,22,23,24);1H. The largest absolute Gasteiger partial charge is 0.469 e. The Labute approximate surface area is 191 Å². The van der Waals surface area contributed by atoms with Crippen LogP contribution in [-0.4, -0.2) is 42.8 Å². The predicted molar refractivity (Wildman–Crippen MR) is 127 cm³/mol. The minimum Gasteiger partial charge on any atom is -0.469 e. The van der Waals surface area contributed by atoms with Crippen LogP contribution in [0.5, 0.6) is 0 Å². The van der Waals surface area contributed by atoms with Crippen LogP contribution in [0.15, 0.2) is 40.5 Å². The zero-order valence-electron chi connectivity index (χ0n) is 17.7. The third-order valence-corrected chi connectivity index (χ3v) is 4.41. The molecule has 29 heavy (non-hydrogen) atoms. The molecule has 164 valence electrons. The SMILES string of the molecule is C=CCNC(=NCCc1ccco1)NC1CCC(NC(=O)OC(C)(C)C)CC1.I. The van der Waals surface area contributed by atoms with Gasteiger partial charge in [0.15, 0.2) is 5.96 Å². The third-order valence-electron chi connectivity index (χ3n) is 4.41. The number of ether oxygens (including phenoxy) is 1. The molecule has 1 aromatic rings. The van der Waals surface area contributed by atoms with Gasteiger partial charge in [0.2, 0.25) is 0 Å². The van der Waals surface area contributed by atoms with Crippen molar-refractivity contribution in [3.05, 3.63) is 36.8 Å². The number of carbonyl (C=O) groups is 1. The number of hydrogen-bond donors (Lipinski definition) is 3. The van der Waals surface area contributed by atoms with Crippen LogP contribution in [-0.2, 0) is 11.2 Å². The van der Waals surface area contributed by atoms with Crippen LogP contribution >= 0.6 is 24.0 Å². The quantitative estimate of drug-likeness (QED) is 0.220. The Morgan fingerprint density at radius 2 is 1.93 bits per heavy atom. The number of hydrogen-bond acceptors (Lipinski definition) is 4. The maximum Gasteiger partial charge on any atom is 0.407 e. The second-order valence-corrected chi connectivity index (χ2v) is 8.07. The van der Waals surface area contributed by atoms with Crippen LogP contribution in [0.1, 0.15) is 52.2 Å². The zero-order valence-corrected chi connectivity index (χ0v) is 20.0. The average Bonchev–Trinajstić information content (AvgIpc) is 3.13. The summed E-state index contributed by atoms with van der Waals surface area (Å²) in [5, 5.41) is 9.74. The van der Waals surface area contributed by atoms with Crippen molar-refractivity contribution < 1.29 is 13.9 Å². The highest BCUT2D eigenvalue weighted by Gasteiger charge is 2.25. The molecule has 1 heterocycles. The lowest BCUT2D eigenvalue weighted by Gasteiger charge is -2.31. The van der Waals surface area contributed by atoms with Gasteiger partial charge in [0, 0.05) is 31.6 Å². The van der Waals surface area contributed by atoms with Crippen molar-refractivity contribution in [1.82, 2.24) is 16.0 Å². The van der Waals surface area contributed by atoms with Crippen molar-refractivity contribution in [2.24, 2.45) is 4.99 Å². The fraction of sp³-hybridized carbons (Fsp3) is 0.619. The van der Waals surface area contributed by atoms with E-state index in [0.717, 1.165) is 43.8 Å². The summed E-state index contributed by atoms with van der Waals surface area (Å²) in [5.41, 5.74) is -0.472. The van der Waals surface area contributed by atoms with E-state index in [2.05, 4.69) is 27.5 Å². The number of nitrogens with one attached hydrogen (secondary N) is 3. The number of aliphatic imine (C=N–C) groups is 1. The Morgan fingerprint density at radius 1 is 1.28 bits per heavy atom. The van der Waals surface area contributed by atoms with E-state index in [9.17, 15) is 4.79 Å². The lowest BCUT2D eigenvalue weighted by Crippen LogP contribution is -2.48. The molecule has 0 unspecified atom stereocenters. The summed E-state index contributed by atoms with van der Waals surface area (Å²) in [6.07, 6.45) is 7.68. The van der Waals surface area contributed by atoms with Crippen LogP contribution in [0.2, 0.25) is 0 Å². The van der Waals surface area contributed by atoms with Gasteiger partial charge in [0.1, 0.15) is 11.4 Å². The van der Waals surface area contributed by atoms with Gasteiger partial charge in [-0.2, -0.15) is 0 Å². The average molecular weight is 518 g/mol. The van der Waals surface area contributed by atoms with Gasteiger partial charge in [-0.25, -0.2) is 4.79 Å². The molecule has 1 aliphatic rings.